The second-order valence-corrected chi connectivity index (χ2v) is 4.71. The van der Waals surface area contributed by atoms with E-state index in [4.69, 9.17) is 0 Å². The fraction of sp³-hybridized carbons (Fsp3) is 0.750. The lowest BCUT2D eigenvalue weighted by molar-refractivity contribution is -0.124. The number of aromatic nitrogens is 3. The third-order valence-corrected chi connectivity index (χ3v) is 2.50. The van der Waals surface area contributed by atoms with Gasteiger partial charge in [-0.25, -0.2) is 4.68 Å². The topological polar surface area (TPSA) is 71.8 Å². The first kappa shape index (κ1) is 14.6. The first-order valence-corrected chi connectivity index (χ1v) is 6.46. The summed E-state index contributed by atoms with van der Waals surface area (Å²) in [5.74, 6) is -0.0389. The molecule has 1 amide bonds. The number of amides is 1. The van der Waals surface area contributed by atoms with E-state index in [0.29, 0.717) is 6.54 Å². The number of nitrogens with zero attached hydrogens (tertiary/aromatic N) is 3. The summed E-state index contributed by atoms with van der Waals surface area (Å²) in [4.78, 5) is 11.8. The minimum atomic E-state index is -0.333. The summed E-state index contributed by atoms with van der Waals surface area (Å²) >= 11 is 0. The molecule has 6 nitrogen and oxygen atoms in total. The summed E-state index contributed by atoms with van der Waals surface area (Å²) in [5, 5.41) is 14.1. The van der Waals surface area contributed by atoms with Crippen LogP contribution in [0.2, 0.25) is 0 Å². The minimum absolute atomic E-state index is 0.0389. The van der Waals surface area contributed by atoms with Gasteiger partial charge in [-0.2, -0.15) is 0 Å². The fourth-order valence-electron chi connectivity index (χ4n) is 1.50. The van der Waals surface area contributed by atoms with Crippen molar-refractivity contribution in [2.45, 2.75) is 52.7 Å². The van der Waals surface area contributed by atoms with E-state index in [1.807, 2.05) is 27.0 Å². The molecule has 0 aliphatic carbocycles. The molecule has 0 saturated heterocycles. The fourth-order valence-corrected chi connectivity index (χ4v) is 1.50. The average Bonchev–Trinajstić information content (AvgIpc) is 2.76. The van der Waals surface area contributed by atoms with Crippen LogP contribution >= 0.6 is 0 Å². The number of hydrogen-bond acceptors (Lipinski definition) is 4. The zero-order chi connectivity index (χ0) is 13.5. The Bertz CT molecular complexity index is 374. The van der Waals surface area contributed by atoms with Gasteiger partial charge in [0.25, 0.3) is 0 Å². The van der Waals surface area contributed by atoms with Gasteiger partial charge in [-0.1, -0.05) is 12.1 Å². The third kappa shape index (κ3) is 4.44. The zero-order valence-corrected chi connectivity index (χ0v) is 11.6. The van der Waals surface area contributed by atoms with Crippen molar-refractivity contribution in [2.75, 3.05) is 6.54 Å². The predicted molar refractivity (Wildman–Crippen MR) is 70.0 cm³/mol. The molecule has 0 saturated carbocycles. The molecule has 1 heterocycles. The Labute approximate surface area is 108 Å². The van der Waals surface area contributed by atoms with Crippen molar-refractivity contribution in [1.29, 1.82) is 0 Å². The first-order valence-electron chi connectivity index (χ1n) is 6.46. The van der Waals surface area contributed by atoms with Gasteiger partial charge in [0.2, 0.25) is 5.91 Å². The molecule has 0 radical (unpaired) electrons. The second kappa shape index (κ2) is 7.10. The van der Waals surface area contributed by atoms with Gasteiger partial charge in [0.1, 0.15) is 6.04 Å². The van der Waals surface area contributed by atoms with Gasteiger partial charge in [-0.3, -0.25) is 4.79 Å². The van der Waals surface area contributed by atoms with Crippen molar-refractivity contribution in [3.8, 4) is 0 Å². The maximum absolute atomic E-state index is 11.8. The van der Waals surface area contributed by atoms with E-state index in [2.05, 4.69) is 27.9 Å². The monoisotopic (exact) mass is 253 g/mol. The molecule has 1 rings (SSSR count). The highest BCUT2D eigenvalue weighted by Gasteiger charge is 2.17. The van der Waals surface area contributed by atoms with Crippen molar-refractivity contribution in [2.24, 2.45) is 0 Å². The van der Waals surface area contributed by atoms with Crippen molar-refractivity contribution in [1.82, 2.24) is 25.6 Å². The van der Waals surface area contributed by atoms with Crippen molar-refractivity contribution >= 4 is 5.91 Å². The highest BCUT2D eigenvalue weighted by Crippen LogP contribution is 2.05. The standard InChI is InChI=1S/C12H23N5O/c1-5-6-13-7-11-8-17(16-15-11)10(4)12(18)14-9(2)3/h8-10,13H,5-7H2,1-4H3,(H,14,18). The van der Waals surface area contributed by atoms with Crippen LogP contribution in [-0.2, 0) is 11.3 Å². The summed E-state index contributed by atoms with van der Waals surface area (Å²) in [6, 6.07) is -0.200. The second-order valence-electron chi connectivity index (χ2n) is 4.71. The van der Waals surface area contributed by atoms with Gasteiger partial charge in [-0.15, -0.1) is 5.10 Å². The average molecular weight is 253 g/mol. The Hall–Kier alpha value is -1.43. The van der Waals surface area contributed by atoms with Crippen LogP contribution in [0.5, 0.6) is 0 Å². The molecule has 0 aromatic carbocycles. The Kier molecular flexibility index (Phi) is 5.77. The number of rotatable bonds is 7. The van der Waals surface area contributed by atoms with Crippen LogP contribution in [0.4, 0.5) is 0 Å². The van der Waals surface area contributed by atoms with Gasteiger partial charge in [0.15, 0.2) is 0 Å². The van der Waals surface area contributed by atoms with Crippen LogP contribution in [0.3, 0.4) is 0 Å². The molecular weight excluding hydrogens is 230 g/mol. The van der Waals surface area contributed by atoms with E-state index in [-0.39, 0.29) is 18.0 Å². The predicted octanol–water partition coefficient (Wildman–Crippen LogP) is 0.863. The number of nitrogens with one attached hydrogen (secondary N) is 2. The summed E-state index contributed by atoms with van der Waals surface area (Å²) < 4.78 is 1.60. The van der Waals surface area contributed by atoms with E-state index in [9.17, 15) is 4.79 Å². The van der Waals surface area contributed by atoms with Crippen LogP contribution in [-0.4, -0.2) is 33.5 Å². The maximum Gasteiger partial charge on any atom is 0.244 e. The Morgan fingerprint density at radius 2 is 2.17 bits per heavy atom. The number of carbonyl (C=O) groups excluding carboxylic acids is 1. The lowest BCUT2D eigenvalue weighted by Gasteiger charge is -2.13. The van der Waals surface area contributed by atoms with E-state index >= 15 is 0 Å². The lowest BCUT2D eigenvalue weighted by Crippen LogP contribution is -2.35. The van der Waals surface area contributed by atoms with Crippen LogP contribution in [0.1, 0.15) is 45.9 Å². The molecule has 2 N–H and O–H groups in total. The van der Waals surface area contributed by atoms with E-state index in [1.165, 1.54) is 0 Å². The SMILES string of the molecule is CCCNCc1cn(C(C)C(=O)NC(C)C)nn1. The lowest BCUT2D eigenvalue weighted by atomic mass is 10.3. The molecule has 0 fully saturated rings. The summed E-state index contributed by atoms with van der Waals surface area (Å²) in [5.41, 5.74) is 0.854. The van der Waals surface area contributed by atoms with Crippen LogP contribution < -0.4 is 10.6 Å². The first-order chi connectivity index (χ1) is 8.54. The van der Waals surface area contributed by atoms with Gasteiger partial charge in [0, 0.05) is 12.6 Å². The Balaban J connectivity index is 2.53. The van der Waals surface area contributed by atoms with Crippen LogP contribution in [0.15, 0.2) is 6.20 Å². The molecule has 18 heavy (non-hydrogen) atoms. The van der Waals surface area contributed by atoms with E-state index < -0.39 is 0 Å². The molecule has 6 heteroatoms. The summed E-state index contributed by atoms with van der Waals surface area (Å²) in [6.45, 7) is 9.44. The van der Waals surface area contributed by atoms with E-state index in [1.54, 1.807) is 4.68 Å². The van der Waals surface area contributed by atoms with Gasteiger partial charge in [0.05, 0.1) is 11.9 Å². The maximum atomic E-state index is 11.8. The molecule has 0 bridgehead atoms. The highest BCUT2D eigenvalue weighted by molar-refractivity contribution is 5.79. The minimum Gasteiger partial charge on any atom is -0.352 e. The van der Waals surface area contributed by atoms with Crippen LogP contribution in [0.25, 0.3) is 0 Å². The van der Waals surface area contributed by atoms with Crippen molar-refractivity contribution in [3.05, 3.63) is 11.9 Å². The Morgan fingerprint density at radius 3 is 2.78 bits per heavy atom. The highest BCUT2D eigenvalue weighted by atomic mass is 16.2. The Morgan fingerprint density at radius 1 is 1.44 bits per heavy atom. The smallest absolute Gasteiger partial charge is 0.244 e. The molecule has 0 aliphatic rings. The number of hydrogen-bond donors (Lipinski definition) is 2. The zero-order valence-electron chi connectivity index (χ0n) is 11.6. The molecule has 1 aromatic heterocycles. The molecule has 1 aromatic rings. The number of carbonyl (C=O) groups is 1. The molecule has 0 aliphatic heterocycles. The molecule has 1 unspecified atom stereocenters. The molecule has 0 spiro atoms. The normalized spacial score (nSPS) is 12.7. The summed E-state index contributed by atoms with van der Waals surface area (Å²) in [6.07, 6.45) is 2.90. The van der Waals surface area contributed by atoms with Crippen molar-refractivity contribution < 1.29 is 4.79 Å². The largest absolute Gasteiger partial charge is 0.352 e. The van der Waals surface area contributed by atoms with Gasteiger partial charge < -0.3 is 10.6 Å². The van der Waals surface area contributed by atoms with E-state index in [0.717, 1.165) is 18.7 Å². The van der Waals surface area contributed by atoms with Crippen LogP contribution in [0, 0.1) is 0 Å². The molecule has 102 valence electrons. The quantitative estimate of drug-likeness (QED) is 0.707. The third-order valence-electron chi connectivity index (χ3n) is 2.50. The van der Waals surface area contributed by atoms with Crippen molar-refractivity contribution in [3.63, 3.8) is 0 Å². The van der Waals surface area contributed by atoms with Gasteiger partial charge in [-0.05, 0) is 33.7 Å². The summed E-state index contributed by atoms with van der Waals surface area (Å²) in [7, 11) is 0. The molecule has 1 atom stereocenters. The molecular formula is C12H23N5O. The van der Waals surface area contributed by atoms with Gasteiger partial charge >= 0.3 is 0 Å².